The van der Waals surface area contributed by atoms with E-state index in [0.29, 0.717) is 5.70 Å². The van der Waals surface area contributed by atoms with E-state index in [2.05, 4.69) is 77.4 Å². The van der Waals surface area contributed by atoms with Gasteiger partial charge in [-0.1, -0.05) is 97.1 Å². The van der Waals surface area contributed by atoms with Crippen LogP contribution in [0.25, 0.3) is 66.4 Å². The monoisotopic (exact) mass is 476 g/mol. The normalized spacial score (nSPS) is 12.2. The van der Waals surface area contributed by atoms with Crippen molar-refractivity contribution >= 4 is 55.2 Å². The molecule has 0 aliphatic carbocycles. The molecule has 6 aromatic carbocycles. The van der Waals surface area contributed by atoms with Crippen molar-refractivity contribution in [3.8, 4) is 16.9 Å². The zero-order valence-corrected chi connectivity index (χ0v) is 20.1. The second-order valence-corrected chi connectivity index (χ2v) is 9.41. The minimum absolute atomic E-state index is 0.208. The van der Waals surface area contributed by atoms with Gasteiger partial charge in [0.25, 0.3) is 0 Å². The molecular formula is C34H24N2O. The summed E-state index contributed by atoms with van der Waals surface area (Å²) in [6, 6.07) is 41.2. The summed E-state index contributed by atoms with van der Waals surface area (Å²) in [5, 5.41) is 18.1. The summed E-state index contributed by atoms with van der Waals surface area (Å²) in [7, 11) is 0. The molecule has 7 rings (SSSR count). The van der Waals surface area contributed by atoms with Crippen LogP contribution in [0.3, 0.4) is 0 Å². The van der Waals surface area contributed by atoms with Gasteiger partial charge in [-0.3, -0.25) is 0 Å². The summed E-state index contributed by atoms with van der Waals surface area (Å²) in [5.41, 5.74) is 12.0. The highest BCUT2D eigenvalue weighted by Crippen LogP contribution is 2.39. The van der Waals surface area contributed by atoms with E-state index >= 15 is 0 Å². The maximum Gasteiger partial charge on any atom is 0.124 e. The summed E-state index contributed by atoms with van der Waals surface area (Å²) in [6.07, 6.45) is 1.98. The Morgan fingerprint density at radius 1 is 0.622 bits per heavy atom. The minimum Gasteiger partial charge on any atom is -0.507 e. The molecule has 0 aliphatic rings. The first-order chi connectivity index (χ1) is 18.2. The van der Waals surface area contributed by atoms with Gasteiger partial charge in [0, 0.05) is 28.1 Å². The minimum atomic E-state index is 0.208. The molecule has 0 saturated heterocycles. The van der Waals surface area contributed by atoms with Crippen molar-refractivity contribution in [2.45, 2.75) is 0 Å². The maximum atomic E-state index is 10.8. The Labute approximate surface area is 214 Å². The Morgan fingerprint density at radius 2 is 1.19 bits per heavy atom. The molecule has 0 aliphatic heterocycles. The number of nitrogens with zero attached hydrogens (tertiary/aromatic N) is 1. The van der Waals surface area contributed by atoms with Crippen molar-refractivity contribution in [1.82, 2.24) is 4.57 Å². The Hall–Kier alpha value is -5.02. The van der Waals surface area contributed by atoms with Gasteiger partial charge in [-0.2, -0.15) is 0 Å². The fourth-order valence-electron chi connectivity index (χ4n) is 5.50. The van der Waals surface area contributed by atoms with Crippen molar-refractivity contribution in [3.63, 3.8) is 0 Å². The van der Waals surface area contributed by atoms with E-state index in [0.717, 1.165) is 27.7 Å². The zero-order chi connectivity index (χ0) is 24.9. The Morgan fingerprint density at radius 3 is 1.78 bits per heavy atom. The van der Waals surface area contributed by atoms with Crippen molar-refractivity contribution in [1.29, 1.82) is 0 Å². The molecule has 1 aromatic heterocycles. The number of benzene rings is 6. The van der Waals surface area contributed by atoms with E-state index < -0.39 is 0 Å². The van der Waals surface area contributed by atoms with Crippen molar-refractivity contribution in [2.75, 3.05) is 0 Å². The highest BCUT2D eigenvalue weighted by atomic mass is 16.3. The fraction of sp³-hybridized carbons (Fsp3) is 0. The first-order valence-corrected chi connectivity index (χ1v) is 12.4. The number of fused-ring (bicyclic) bond motifs is 7. The van der Waals surface area contributed by atoms with Gasteiger partial charge in [0.2, 0.25) is 0 Å². The lowest BCUT2D eigenvalue weighted by Gasteiger charge is -2.09. The second kappa shape index (κ2) is 8.28. The molecule has 176 valence electrons. The average molecular weight is 477 g/mol. The van der Waals surface area contributed by atoms with E-state index in [1.165, 1.54) is 32.3 Å². The predicted octanol–water partition coefficient (Wildman–Crippen LogP) is 8.39. The van der Waals surface area contributed by atoms with Gasteiger partial charge in [0.05, 0.1) is 16.7 Å². The van der Waals surface area contributed by atoms with E-state index in [1.807, 2.05) is 48.7 Å². The molecule has 0 unspecified atom stereocenters. The highest BCUT2D eigenvalue weighted by Gasteiger charge is 2.16. The highest BCUT2D eigenvalue weighted by molar-refractivity contribution is 6.28. The molecule has 0 bridgehead atoms. The number of hydrogen-bond donors (Lipinski definition) is 2. The molecular weight excluding hydrogens is 452 g/mol. The Balaban J connectivity index is 1.48. The van der Waals surface area contributed by atoms with E-state index in [4.69, 9.17) is 5.73 Å². The molecule has 7 aromatic rings. The van der Waals surface area contributed by atoms with Gasteiger partial charge in [0.15, 0.2) is 0 Å². The molecule has 3 heteroatoms. The predicted molar refractivity (Wildman–Crippen MR) is 156 cm³/mol. The topological polar surface area (TPSA) is 51.2 Å². The third kappa shape index (κ3) is 3.36. The van der Waals surface area contributed by atoms with Crippen LogP contribution in [-0.2, 0) is 0 Å². The summed E-state index contributed by atoms with van der Waals surface area (Å²) < 4.78 is 2.18. The van der Waals surface area contributed by atoms with Crippen molar-refractivity contribution in [3.05, 3.63) is 127 Å². The quantitative estimate of drug-likeness (QED) is 0.269. The third-order valence-corrected chi connectivity index (χ3v) is 7.27. The summed E-state index contributed by atoms with van der Waals surface area (Å²) in [6.45, 7) is 0. The summed E-state index contributed by atoms with van der Waals surface area (Å²) >= 11 is 0. The smallest absolute Gasteiger partial charge is 0.124 e. The number of hydrogen-bond acceptors (Lipinski definition) is 2. The first-order valence-electron chi connectivity index (χ1n) is 12.4. The van der Waals surface area contributed by atoms with E-state index in [1.54, 1.807) is 6.07 Å². The lowest BCUT2D eigenvalue weighted by atomic mass is 10.00. The molecule has 0 fully saturated rings. The molecule has 37 heavy (non-hydrogen) atoms. The van der Waals surface area contributed by atoms with Gasteiger partial charge in [-0.05, 0) is 51.4 Å². The standard InChI is InChI=1S/C34H24N2O/c35-29(25-14-17-26(32(37)20-25)22-8-2-1-3-9-22)21-36-30-18-15-23-10-4-6-12-27(23)33(30)34-28-13-7-5-11-24(28)16-19-31(34)36/h1-21,37H,35H2/b29-21+. The molecule has 1 heterocycles. The van der Waals surface area contributed by atoms with Gasteiger partial charge < -0.3 is 15.4 Å². The van der Waals surface area contributed by atoms with Crippen LogP contribution in [0.5, 0.6) is 5.75 Å². The summed E-state index contributed by atoms with van der Waals surface area (Å²) in [5.74, 6) is 0.208. The Bertz CT molecular complexity index is 1910. The summed E-state index contributed by atoms with van der Waals surface area (Å²) in [4.78, 5) is 0. The molecule has 0 spiro atoms. The first kappa shape index (κ1) is 21.3. The number of phenols is 1. The van der Waals surface area contributed by atoms with Crippen LogP contribution in [0.2, 0.25) is 0 Å². The van der Waals surface area contributed by atoms with E-state index in [9.17, 15) is 5.11 Å². The number of aromatic nitrogens is 1. The van der Waals surface area contributed by atoms with Crippen LogP contribution in [0.15, 0.2) is 121 Å². The number of aromatic hydroxyl groups is 1. The largest absolute Gasteiger partial charge is 0.507 e. The molecule has 0 radical (unpaired) electrons. The second-order valence-electron chi connectivity index (χ2n) is 9.41. The van der Waals surface area contributed by atoms with Gasteiger partial charge in [0.1, 0.15) is 5.75 Å². The molecule has 0 saturated carbocycles. The van der Waals surface area contributed by atoms with Crippen LogP contribution >= 0.6 is 0 Å². The van der Waals surface area contributed by atoms with Crippen LogP contribution in [0.4, 0.5) is 0 Å². The number of rotatable bonds is 3. The fourth-order valence-corrected chi connectivity index (χ4v) is 5.50. The molecule has 3 nitrogen and oxygen atoms in total. The number of phenolic OH excluding ortho intramolecular Hbond substituents is 1. The van der Waals surface area contributed by atoms with Crippen LogP contribution in [0, 0.1) is 0 Å². The van der Waals surface area contributed by atoms with Crippen molar-refractivity contribution < 1.29 is 5.11 Å². The zero-order valence-electron chi connectivity index (χ0n) is 20.1. The number of nitrogens with two attached hydrogens (primary N) is 1. The van der Waals surface area contributed by atoms with Gasteiger partial charge >= 0.3 is 0 Å². The SMILES string of the molecule is N/C(=C/n1c2ccc3ccccc3c2c2c3ccccc3ccc21)c1ccc(-c2ccccc2)c(O)c1. The molecule has 0 atom stereocenters. The third-order valence-electron chi connectivity index (χ3n) is 7.27. The van der Waals surface area contributed by atoms with Gasteiger partial charge in [-0.25, -0.2) is 0 Å². The lowest BCUT2D eigenvalue weighted by molar-refractivity contribution is 0.477. The van der Waals surface area contributed by atoms with Crippen LogP contribution in [0.1, 0.15) is 5.56 Å². The van der Waals surface area contributed by atoms with Gasteiger partial charge in [-0.15, -0.1) is 0 Å². The van der Waals surface area contributed by atoms with Crippen molar-refractivity contribution in [2.24, 2.45) is 5.73 Å². The lowest BCUT2D eigenvalue weighted by Crippen LogP contribution is -1.99. The van der Waals surface area contributed by atoms with Crippen LogP contribution in [-0.4, -0.2) is 9.67 Å². The molecule has 0 amide bonds. The Kier molecular flexibility index (Phi) is 4.76. The maximum absolute atomic E-state index is 10.8. The molecule has 3 N–H and O–H groups in total. The average Bonchev–Trinajstić information content (AvgIpc) is 3.27. The van der Waals surface area contributed by atoms with E-state index in [-0.39, 0.29) is 5.75 Å². The van der Waals surface area contributed by atoms with Crippen LogP contribution < -0.4 is 5.73 Å².